The summed E-state index contributed by atoms with van der Waals surface area (Å²) in [7, 11) is 0. The molecule has 0 spiro atoms. The van der Waals surface area contributed by atoms with E-state index in [4.69, 9.17) is 11.5 Å². The summed E-state index contributed by atoms with van der Waals surface area (Å²) in [6, 6.07) is 13.8. The fraction of sp³-hybridized carbons (Fsp3) is 0.357. The van der Waals surface area contributed by atoms with Crippen molar-refractivity contribution in [1.82, 2.24) is 19.9 Å². The van der Waals surface area contributed by atoms with Gasteiger partial charge in [-0.3, -0.25) is 0 Å². The van der Waals surface area contributed by atoms with Crippen molar-refractivity contribution in [2.45, 2.75) is 53.6 Å². The Morgan fingerprint density at radius 1 is 0.765 bits per heavy atom. The lowest BCUT2D eigenvalue weighted by Gasteiger charge is -2.24. The molecule has 4 rings (SSSR count). The molecule has 4 aromatic rings. The number of fused-ring (bicyclic) bond motifs is 1. The maximum Gasteiger partial charge on any atom is 0.124 e. The van der Waals surface area contributed by atoms with Crippen LogP contribution < -0.4 is 11.5 Å². The highest BCUT2D eigenvalue weighted by Gasteiger charge is 2.26. The molecule has 0 aliphatic rings. The summed E-state index contributed by atoms with van der Waals surface area (Å²) in [6.07, 6.45) is 1.83. The van der Waals surface area contributed by atoms with Crippen molar-refractivity contribution in [1.29, 1.82) is 0 Å². The van der Waals surface area contributed by atoms with Gasteiger partial charge in [0.15, 0.2) is 0 Å². The van der Waals surface area contributed by atoms with E-state index in [1.165, 1.54) is 0 Å². The van der Waals surface area contributed by atoms with Gasteiger partial charge in [0.2, 0.25) is 0 Å². The van der Waals surface area contributed by atoms with Crippen LogP contribution in [0.3, 0.4) is 0 Å². The van der Waals surface area contributed by atoms with Crippen molar-refractivity contribution >= 4 is 11.0 Å². The van der Waals surface area contributed by atoms with Crippen LogP contribution in [0.5, 0.6) is 0 Å². The lowest BCUT2D eigenvalue weighted by Crippen LogP contribution is -2.27. The van der Waals surface area contributed by atoms with Crippen molar-refractivity contribution in [2.24, 2.45) is 22.3 Å². The molecule has 0 fully saturated rings. The van der Waals surface area contributed by atoms with Gasteiger partial charge in [-0.2, -0.15) is 0 Å². The average Bonchev–Trinajstić information content (AvgIpc) is 3.42. The number of benzene rings is 2. The van der Waals surface area contributed by atoms with Crippen LogP contribution in [0.25, 0.3) is 22.3 Å². The molecule has 34 heavy (non-hydrogen) atoms. The zero-order chi connectivity index (χ0) is 24.7. The molecule has 0 radical (unpaired) electrons. The van der Waals surface area contributed by atoms with Crippen LogP contribution in [0.15, 0.2) is 48.7 Å². The van der Waals surface area contributed by atoms with E-state index in [1.807, 2.05) is 48.7 Å². The summed E-state index contributed by atoms with van der Waals surface area (Å²) >= 11 is 0. The summed E-state index contributed by atoms with van der Waals surface area (Å²) in [5, 5.41) is 0. The molecule has 2 unspecified atom stereocenters. The SMILES string of the molecule is CC(C)(C)C(N)c1ncc(-c2ccc(C#Cc3ccc4nc(C(N)C(C)(C)C)[nH]c4c3)cc2)[nH]1. The molecular weight excluding hydrogens is 420 g/mol. The normalized spacial score (nSPS) is 14.0. The van der Waals surface area contributed by atoms with Crippen molar-refractivity contribution in [3.8, 4) is 23.1 Å². The number of aromatic nitrogens is 4. The fourth-order valence-electron chi connectivity index (χ4n) is 3.59. The van der Waals surface area contributed by atoms with Crippen molar-refractivity contribution in [2.75, 3.05) is 0 Å². The molecule has 2 aromatic carbocycles. The minimum Gasteiger partial charge on any atom is -0.341 e. The molecule has 0 amide bonds. The van der Waals surface area contributed by atoms with Gasteiger partial charge in [-0.25, -0.2) is 9.97 Å². The standard InChI is InChI=1S/C28H34N6/c1-27(2,3)23(29)25-31-16-22(34-25)19-12-9-17(10-13-19)7-8-18-11-14-20-21(15-18)33-26(32-20)24(30)28(4,5)6/h9-16,23-24H,29-30H2,1-6H3,(H,31,34)(H,32,33). The van der Waals surface area contributed by atoms with Crippen LogP contribution in [0.2, 0.25) is 0 Å². The quantitative estimate of drug-likeness (QED) is 0.309. The van der Waals surface area contributed by atoms with Gasteiger partial charge in [0.1, 0.15) is 11.6 Å². The smallest absolute Gasteiger partial charge is 0.124 e. The number of nitrogens with two attached hydrogens (primary N) is 2. The molecule has 6 N–H and O–H groups in total. The van der Waals surface area contributed by atoms with Gasteiger partial charge < -0.3 is 21.4 Å². The highest BCUT2D eigenvalue weighted by Crippen LogP contribution is 2.31. The minimum absolute atomic E-state index is 0.0616. The largest absolute Gasteiger partial charge is 0.341 e. The predicted octanol–water partition coefficient (Wildman–Crippen LogP) is 5.44. The number of hydrogen-bond acceptors (Lipinski definition) is 4. The van der Waals surface area contributed by atoms with Crippen LogP contribution in [0, 0.1) is 22.7 Å². The molecule has 6 nitrogen and oxygen atoms in total. The van der Waals surface area contributed by atoms with E-state index in [0.717, 1.165) is 45.1 Å². The third-order valence-electron chi connectivity index (χ3n) is 6.10. The first-order chi connectivity index (χ1) is 15.9. The minimum atomic E-state index is -0.164. The zero-order valence-corrected chi connectivity index (χ0v) is 20.8. The Morgan fingerprint density at radius 2 is 1.35 bits per heavy atom. The summed E-state index contributed by atoms with van der Waals surface area (Å²) in [5.74, 6) is 8.10. The summed E-state index contributed by atoms with van der Waals surface area (Å²) in [6.45, 7) is 12.7. The maximum absolute atomic E-state index is 6.36. The molecule has 0 saturated heterocycles. The number of H-pyrrole nitrogens is 2. The Morgan fingerprint density at radius 3 is 2.00 bits per heavy atom. The van der Waals surface area contributed by atoms with Gasteiger partial charge in [-0.15, -0.1) is 0 Å². The van der Waals surface area contributed by atoms with E-state index in [2.05, 4.69) is 73.3 Å². The Bertz CT molecular complexity index is 1350. The number of nitrogens with zero attached hydrogens (tertiary/aromatic N) is 2. The first-order valence-corrected chi connectivity index (χ1v) is 11.6. The van der Waals surface area contributed by atoms with Gasteiger partial charge in [0.25, 0.3) is 0 Å². The number of imidazole rings is 2. The molecule has 2 heterocycles. The Hall–Kier alpha value is -3.40. The Balaban J connectivity index is 1.51. The second-order valence-corrected chi connectivity index (χ2v) is 11.1. The number of nitrogens with one attached hydrogen (secondary N) is 2. The number of rotatable bonds is 3. The molecule has 0 aliphatic heterocycles. The second kappa shape index (κ2) is 8.75. The maximum atomic E-state index is 6.36. The van der Waals surface area contributed by atoms with E-state index < -0.39 is 0 Å². The van der Waals surface area contributed by atoms with E-state index in [1.54, 1.807) is 0 Å². The number of aromatic amines is 2. The molecule has 176 valence electrons. The van der Waals surface area contributed by atoms with Crippen LogP contribution in [0.1, 0.15) is 76.4 Å². The third-order valence-corrected chi connectivity index (χ3v) is 6.10. The topological polar surface area (TPSA) is 109 Å². The molecule has 2 aromatic heterocycles. The summed E-state index contributed by atoms with van der Waals surface area (Å²) in [5.41, 5.74) is 18.3. The second-order valence-electron chi connectivity index (χ2n) is 11.1. The Labute approximate surface area is 201 Å². The molecule has 0 bridgehead atoms. The molecule has 0 saturated carbocycles. The van der Waals surface area contributed by atoms with E-state index >= 15 is 0 Å². The van der Waals surface area contributed by atoms with Crippen molar-refractivity contribution < 1.29 is 0 Å². The lowest BCUT2D eigenvalue weighted by molar-refractivity contribution is 0.317. The van der Waals surface area contributed by atoms with Crippen molar-refractivity contribution in [3.63, 3.8) is 0 Å². The van der Waals surface area contributed by atoms with Crippen LogP contribution in [-0.4, -0.2) is 19.9 Å². The summed E-state index contributed by atoms with van der Waals surface area (Å²) in [4.78, 5) is 15.9. The van der Waals surface area contributed by atoms with E-state index in [9.17, 15) is 0 Å². The predicted molar refractivity (Wildman–Crippen MR) is 139 cm³/mol. The number of hydrogen-bond donors (Lipinski definition) is 4. The molecular formula is C28H34N6. The molecule has 6 heteroatoms. The third kappa shape index (κ3) is 5.06. The average molecular weight is 455 g/mol. The van der Waals surface area contributed by atoms with Gasteiger partial charge in [-0.05, 0) is 46.7 Å². The van der Waals surface area contributed by atoms with Gasteiger partial charge in [-0.1, -0.05) is 65.5 Å². The van der Waals surface area contributed by atoms with E-state index in [0.29, 0.717) is 0 Å². The molecule has 2 atom stereocenters. The van der Waals surface area contributed by atoms with Crippen LogP contribution >= 0.6 is 0 Å². The van der Waals surface area contributed by atoms with Gasteiger partial charge >= 0.3 is 0 Å². The summed E-state index contributed by atoms with van der Waals surface area (Å²) < 4.78 is 0. The molecule has 0 aliphatic carbocycles. The van der Waals surface area contributed by atoms with Crippen LogP contribution in [0.4, 0.5) is 0 Å². The lowest BCUT2D eigenvalue weighted by atomic mass is 9.87. The zero-order valence-electron chi connectivity index (χ0n) is 20.8. The monoisotopic (exact) mass is 454 g/mol. The van der Waals surface area contributed by atoms with Gasteiger partial charge in [0.05, 0.1) is 35.0 Å². The first-order valence-electron chi connectivity index (χ1n) is 11.6. The Kier molecular flexibility index (Phi) is 6.11. The fourth-order valence-corrected chi connectivity index (χ4v) is 3.59. The highest BCUT2D eigenvalue weighted by molar-refractivity contribution is 5.77. The van der Waals surface area contributed by atoms with Crippen LogP contribution in [-0.2, 0) is 0 Å². The highest BCUT2D eigenvalue weighted by atomic mass is 15.0. The first kappa shape index (κ1) is 23.7. The van der Waals surface area contributed by atoms with Gasteiger partial charge in [0, 0.05) is 11.1 Å². The van der Waals surface area contributed by atoms with E-state index in [-0.39, 0.29) is 22.9 Å². The van der Waals surface area contributed by atoms with Crippen molar-refractivity contribution in [3.05, 3.63) is 71.4 Å².